The van der Waals surface area contributed by atoms with Gasteiger partial charge in [-0.3, -0.25) is 0 Å². The summed E-state index contributed by atoms with van der Waals surface area (Å²) in [5.41, 5.74) is 0.373. The van der Waals surface area contributed by atoms with E-state index in [9.17, 15) is 4.79 Å². The largest absolute Gasteiger partial charge is 0.478 e. The topological polar surface area (TPSA) is 69.6 Å². The molecule has 1 saturated carbocycles. The molecule has 0 aromatic carbocycles. The minimum absolute atomic E-state index is 0.274. The molecular formula is C12H21NO3. The molecule has 0 heterocycles. The van der Waals surface area contributed by atoms with E-state index >= 15 is 0 Å². The molecule has 0 radical (unpaired) electrons. The lowest BCUT2D eigenvalue weighted by atomic mass is 9.97. The Kier molecular flexibility index (Phi) is 5.49. The standard InChI is InChI=1S/C12H21NO3/c1-9(12(15)16)5-6-13-7-10-3-2-4-11(10)8-14/h5,10-11,13-14H,2-4,6-8H2,1H3,(H,15,16). The van der Waals surface area contributed by atoms with Gasteiger partial charge in [-0.2, -0.15) is 0 Å². The lowest BCUT2D eigenvalue weighted by Crippen LogP contribution is -2.27. The molecule has 0 aromatic heterocycles. The van der Waals surface area contributed by atoms with Crippen molar-refractivity contribution in [3.05, 3.63) is 11.6 Å². The van der Waals surface area contributed by atoms with Gasteiger partial charge in [0, 0.05) is 18.7 Å². The van der Waals surface area contributed by atoms with Gasteiger partial charge in [-0.25, -0.2) is 4.79 Å². The second-order valence-electron chi connectivity index (χ2n) is 4.48. The van der Waals surface area contributed by atoms with Crippen LogP contribution in [0.5, 0.6) is 0 Å². The molecule has 4 heteroatoms. The smallest absolute Gasteiger partial charge is 0.330 e. The molecule has 2 unspecified atom stereocenters. The number of rotatable bonds is 6. The van der Waals surface area contributed by atoms with Crippen LogP contribution in [0, 0.1) is 11.8 Å². The zero-order chi connectivity index (χ0) is 12.0. The maximum atomic E-state index is 10.5. The summed E-state index contributed by atoms with van der Waals surface area (Å²) in [6, 6.07) is 0. The number of carbonyl (C=O) groups is 1. The quantitative estimate of drug-likeness (QED) is 0.468. The normalized spacial score (nSPS) is 26.0. The van der Waals surface area contributed by atoms with Gasteiger partial charge in [-0.1, -0.05) is 12.5 Å². The molecule has 1 rings (SSSR count). The van der Waals surface area contributed by atoms with Crippen LogP contribution in [0.4, 0.5) is 0 Å². The maximum absolute atomic E-state index is 10.5. The van der Waals surface area contributed by atoms with Gasteiger partial charge in [0.25, 0.3) is 0 Å². The van der Waals surface area contributed by atoms with Crippen molar-refractivity contribution in [2.24, 2.45) is 11.8 Å². The van der Waals surface area contributed by atoms with Crippen molar-refractivity contribution >= 4 is 5.97 Å². The van der Waals surface area contributed by atoms with Crippen molar-refractivity contribution in [1.82, 2.24) is 5.32 Å². The predicted octanol–water partition coefficient (Wildman–Crippen LogP) is 1.02. The molecule has 0 amide bonds. The molecule has 0 bridgehead atoms. The number of aliphatic hydroxyl groups excluding tert-OH is 1. The molecule has 0 spiro atoms. The maximum Gasteiger partial charge on any atom is 0.330 e. The van der Waals surface area contributed by atoms with Gasteiger partial charge in [-0.15, -0.1) is 0 Å². The minimum atomic E-state index is -0.865. The van der Waals surface area contributed by atoms with Gasteiger partial charge in [0.2, 0.25) is 0 Å². The molecule has 0 aliphatic heterocycles. The molecule has 4 nitrogen and oxygen atoms in total. The van der Waals surface area contributed by atoms with Gasteiger partial charge < -0.3 is 15.5 Å². The van der Waals surface area contributed by atoms with Crippen molar-refractivity contribution in [2.75, 3.05) is 19.7 Å². The average molecular weight is 227 g/mol. The van der Waals surface area contributed by atoms with Crippen LogP contribution in [0.2, 0.25) is 0 Å². The molecule has 0 aromatic rings. The zero-order valence-corrected chi connectivity index (χ0v) is 9.78. The second-order valence-corrected chi connectivity index (χ2v) is 4.48. The fourth-order valence-electron chi connectivity index (χ4n) is 2.20. The van der Waals surface area contributed by atoms with Gasteiger partial charge in [0.05, 0.1) is 0 Å². The fraction of sp³-hybridized carbons (Fsp3) is 0.750. The summed E-state index contributed by atoms with van der Waals surface area (Å²) in [5, 5.41) is 21.0. The third-order valence-electron chi connectivity index (χ3n) is 3.35. The highest BCUT2D eigenvalue weighted by atomic mass is 16.4. The Morgan fingerprint density at radius 2 is 2.12 bits per heavy atom. The van der Waals surface area contributed by atoms with Crippen molar-refractivity contribution < 1.29 is 15.0 Å². The molecule has 2 atom stereocenters. The van der Waals surface area contributed by atoms with E-state index in [4.69, 9.17) is 10.2 Å². The Bertz CT molecular complexity index is 263. The SMILES string of the molecule is CC(=CCNCC1CCCC1CO)C(=O)O. The summed E-state index contributed by atoms with van der Waals surface area (Å²) < 4.78 is 0. The van der Waals surface area contributed by atoms with Crippen LogP contribution in [0.3, 0.4) is 0 Å². The number of carboxylic acids is 1. The number of aliphatic carboxylic acids is 1. The van der Waals surface area contributed by atoms with Crippen molar-refractivity contribution in [2.45, 2.75) is 26.2 Å². The monoisotopic (exact) mass is 227 g/mol. The first-order valence-electron chi connectivity index (χ1n) is 5.86. The number of nitrogens with one attached hydrogen (secondary N) is 1. The van der Waals surface area contributed by atoms with Gasteiger partial charge in [0.1, 0.15) is 0 Å². The number of aliphatic hydroxyl groups is 1. The third-order valence-corrected chi connectivity index (χ3v) is 3.35. The first-order chi connectivity index (χ1) is 7.65. The molecule has 0 saturated heterocycles. The molecule has 1 aliphatic rings. The van der Waals surface area contributed by atoms with Crippen molar-refractivity contribution in [1.29, 1.82) is 0 Å². The van der Waals surface area contributed by atoms with Crippen LogP contribution in [-0.4, -0.2) is 35.9 Å². The number of carboxylic acid groups (broad SMARTS) is 1. The fourth-order valence-corrected chi connectivity index (χ4v) is 2.20. The first-order valence-corrected chi connectivity index (χ1v) is 5.86. The molecular weight excluding hydrogens is 206 g/mol. The van der Waals surface area contributed by atoms with Crippen molar-refractivity contribution in [3.63, 3.8) is 0 Å². The molecule has 92 valence electrons. The summed E-state index contributed by atoms with van der Waals surface area (Å²) in [6.45, 7) is 3.33. The van der Waals surface area contributed by atoms with Gasteiger partial charge >= 0.3 is 5.97 Å². The predicted molar refractivity (Wildman–Crippen MR) is 62.2 cm³/mol. The molecule has 1 aliphatic carbocycles. The Hall–Kier alpha value is -0.870. The van der Waals surface area contributed by atoms with E-state index in [0.29, 0.717) is 24.0 Å². The summed E-state index contributed by atoms with van der Waals surface area (Å²) in [7, 11) is 0. The summed E-state index contributed by atoms with van der Waals surface area (Å²) in [4.78, 5) is 10.5. The highest BCUT2D eigenvalue weighted by Crippen LogP contribution is 2.30. The van der Waals surface area contributed by atoms with Crippen LogP contribution in [-0.2, 0) is 4.79 Å². The van der Waals surface area contributed by atoms with Crippen LogP contribution >= 0.6 is 0 Å². The Labute approximate surface area is 96.4 Å². The highest BCUT2D eigenvalue weighted by molar-refractivity contribution is 5.85. The average Bonchev–Trinajstić information content (AvgIpc) is 2.71. The van der Waals surface area contributed by atoms with E-state index in [0.717, 1.165) is 13.0 Å². The lowest BCUT2D eigenvalue weighted by molar-refractivity contribution is -0.132. The summed E-state index contributed by atoms with van der Waals surface area (Å²) in [6.07, 6.45) is 5.17. The molecule has 16 heavy (non-hydrogen) atoms. The Balaban J connectivity index is 2.20. The van der Waals surface area contributed by atoms with Gasteiger partial charge in [-0.05, 0) is 38.1 Å². The molecule has 1 fully saturated rings. The van der Waals surface area contributed by atoms with Gasteiger partial charge in [0.15, 0.2) is 0 Å². The highest BCUT2D eigenvalue weighted by Gasteiger charge is 2.25. The van der Waals surface area contributed by atoms with Crippen LogP contribution in [0.1, 0.15) is 26.2 Å². The van der Waals surface area contributed by atoms with E-state index < -0.39 is 5.97 Å². The lowest BCUT2D eigenvalue weighted by Gasteiger charge is -2.17. The van der Waals surface area contributed by atoms with Crippen molar-refractivity contribution in [3.8, 4) is 0 Å². The number of hydrogen-bond acceptors (Lipinski definition) is 3. The zero-order valence-electron chi connectivity index (χ0n) is 9.78. The van der Waals surface area contributed by atoms with Crippen LogP contribution in [0.25, 0.3) is 0 Å². The minimum Gasteiger partial charge on any atom is -0.478 e. The second kappa shape index (κ2) is 6.66. The summed E-state index contributed by atoms with van der Waals surface area (Å²) in [5.74, 6) is 0.108. The van der Waals surface area contributed by atoms with E-state index in [1.807, 2.05) is 0 Å². The number of hydrogen-bond donors (Lipinski definition) is 3. The first kappa shape index (κ1) is 13.2. The van der Waals surface area contributed by atoms with E-state index in [-0.39, 0.29) is 6.61 Å². The van der Waals surface area contributed by atoms with E-state index in [1.54, 1.807) is 13.0 Å². The van der Waals surface area contributed by atoms with Crippen LogP contribution in [0.15, 0.2) is 11.6 Å². The van der Waals surface area contributed by atoms with E-state index in [2.05, 4.69) is 5.32 Å². The van der Waals surface area contributed by atoms with E-state index in [1.165, 1.54) is 12.8 Å². The Morgan fingerprint density at radius 1 is 1.44 bits per heavy atom. The molecule has 3 N–H and O–H groups in total. The summed E-state index contributed by atoms with van der Waals surface area (Å²) >= 11 is 0. The van der Waals surface area contributed by atoms with Crippen LogP contribution < -0.4 is 5.32 Å². The third kappa shape index (κ3) is 3.94. The Morgan fingerprint density at radius 3 is 2.75 bits per heavy atom.